The summed E-state index contributed by atoms with van der Waals surface area (Å²) in [5, 5.41) is 12.7. The summed E-state index contributed by atoms with van der Waals surface area (Å²) < 4.78 is 4.76. The molecular formula is C12H11ClN4O. The molecule has 0 radical (unpaired) electrons. The number of ether oxygens (including phenoxy) is 1. The Kier molecular flexibility index (Phi) is 4.09. The first-order chi connectivity index (χ1) is 8.79. The van der Waals surface area contributed by atoms with E-state index < -0.39 is 0 Å². The van der Waals surface area contributed by atoms with Crippen LogP contribution in [0.2, 0.25) is 5.02 Å². The van der Waals surface area contributed by atoms with Gasteiger partial charge < -0.3 is 4.74 Å². The van der Waals surface area contributed by atoms with Crippen LogP contribution in [0.25, 0.3) is 11.8 Å². The van der Waals surface area contributed by atoms with Crippen LogP contribution in [0, 0.1) is 0 Å². The molecule has 0 aliphatic rings. The highest BCUT2D eigenvalue weighted by Gasteiger charge is 2.01. The lowest BCUT2D eigenvalue weighted by atomic mass is 10.3. The number of allylic oxidation sites excluding steroid dienone is 2. The second kappa shape index (κ2) is 5.97. The Morgan fingerprint density at radius 2 is 2.00 bits per heavy atom. The molecule has 18 heavy (non-hydrogen) atoms. The van der Waals surface area contributed by atoms with E-state index in [0.29, 0.717) is 10.8 Å². The molecule has 0 aliphatic carbocycles. The van der Waals surface area contributed by atoms with Crippen molar-refractivity contribution < 1.29 is 4.74 Å². The number of benzene rings is 1. The van der Waals surface area contributed by atoms with Crippen molar-refractivity contribution >= 4 is 17.7 Å². The van der Waals surface area contributed by atoms with Gasteiger partial charge in [-0.15, -0.1) is 15.0 Å². The van der Waals surface area contributed by atoms with Crippen LogP contribution >= 0.6 is 11.6 Å². The molecule has 2 aromatic rings. The average Bonchev–Trinajstić information content (AvgIpc) is 2.84. The molecule has 0 unspecified atom stereocenters. The molecule has 5 nitrogen and oxygen atoms in total. The van der Waals surface area contributed by atoms with E-state index in [4.69, 9.17) is 16.3 Å². The molecule has 6 heteroatoms. The Hall–Kier alpha value is -2.14. The predicted octanol–water partition coefficient (Wildman–Crippen LogP) is 2.49. The first-order valence-corrected chi connectivity index (χ1v) is 5.59. The Morgan fingerprint density at radius 3 is 2.72 bits per heavy atom. The van der Waals surface area contributed by atoms with Crippen molar-refractivity contribution in [2.45, 2.75) is 0 Å². The van der Waals surface area contributed by atoms with Gasteiger partial charge in [0.05, 0.1) is 19.1 Å². The molecule has 0 atom stereocenters. The summed E-state index contributed by atoms with van der Waals surface area (Å²) in [5.41, 5.74) is 0.805. The van der Waals surface area contributed by atoms with Crippen molar-refractivity contribution in [3.05, 3.63) is 53.5 Å². The zero-order chi connectivity index (χ0) is 12.8. The Morgan fingerprint density at radius 1 is 1.22 bits per heavy atom. The van der Waals surface area contributed by atoms with Crippen LogP contribution in [0.4, 0.5) is 0 Å². The molecule has 0 spiro atoms. The van der Waals surface area contributed by atoms with Crippen molar-refractivity contribution in [2.24, 2.45) is 0 Å². The van der Waals surface area contributed by atoms with Gasteiger partial charge in [-0.05, 0) is 41.6 Å². The van der Waals surface area contributed by atoms with E-state index in [1.165, 1.54) is 4.80 Å². The Bertz CT molecular complexity index is 560. The first-order valence-electron chi connectivity index (χ1n) is 5.21. The molecule has 1 aromatic carbocycles. The SMILES string of the molecule is COC=CC=Cc1nnn(-c2ccc(Cl)cc2)n1. The highest BCUT2D eigenvalue weighted by Crippen LogP contribution is 2.11. The maximum atomic E-state index is 5.81. The quantitative estimate of drug-likeness (QED) is 0.627. The van der Waals surface area contributed by atoms with Gasteiger partial charge in [0, 0.05) is 5.02 Å². The van der Waals surface area contributed by atoms with Gasteiger partial charge in [-0.2, -0.15) is 0 Å². The lowest BCUT2D eigenvalue weighted by Gasteiger charge is -1.96. The molecule has 92 valence electrons. The Labute approximate surface area is 109 Å². The van der Waals surface area contributed by atoms with E-state index in [-0.39, 0.29) is 0 Å². The molecule has 0 saturated heterocycles. The van der Waals surface area contributed by atoms with Crippen LogP contribution in [0.5, 0.6) is 0 Å². The van der Waals surface area contributed by atoms with E-state index in [0.717, 1.165) is 5.69 Å². The van der Waals surface area contributed by atoms with Gasteiger partial charge in [0.15, 0.2) is 5.82 Å². The molecule has 1 aromatic heterocycles. The van der Waals surface area contributed by atoms with Crippen molar-refractivity contribution in [3.63, 3.8) is 0 Å². The highest BCUT2D eigenvalue weighted by molar-refractivity contribution is 6.30. The van der Waals surface area contributed by atoms with Gasteiger partial charge in [-0.3, -0.25) is 0 Å². The largest absolute Gasteiger partial charge is 0.504 e. The van der Waals surface area contributed by atoms with E-state index in [9.17, 15) is 0 Å². The molecule has 0 saturated carbocycles. The zero-order valence-electron chi connectivity index (χ0n) is 9.69. The van der Waals surface area contributed by atoms with Gasteiger partial charge >= 0.3 is 0 Å². The number of nitrogens with zero attached hydrogens (tertiary/aromatic N) is 4. The van der Waals surface area contributed by atoms with Gasteiger partial charge in [-0.25, -0.2) is 0 Å². The summed E-state index contributed by atoms with van der Waals surface area (Å²) in [6.45, 7) is 0. The average molecular weight is 263 g/mol. The summed E-state index contributed by atoms with van der Waals surface area (Å²) >= 11 is 5.81. The van der Waals surface area contributed by atoms with Crippen molar-refractivity contribution in [2.75, 3.05) is 7.11 Å². The summed E-state index contributed by atoms with van der Waals surface area (Å²) in [4.78, 5) is 1.44. The molecule has 0 bridgehead atoms. The summed E-state index contributed by atoms with van der Waals surface area (Å²) in [6.07, 6.45) is 6.80. The predicted molar refractivity (Wildman–Crippen MR) is 69.3 cm³/mol. The van der Waals surface area contributed by atoms with Gasteiger partial charge in [0.1, 0.15) is 0 Å². The second-order valence-electron chi connectivity index (χ2n) is 3.34. The fraction of sp³-hybridized carbons (Fsp3) is 0.0833. The number of rotatable bonds is 4. The van der Waals surface area contributed by atoms with E-state index >= 15 is 0 Å². The minimum Gasteiger partial charge on any atom is -0.504 e. The van der Waals surface area contributed by atoms with Crippen molar-refractivity contribution in [1.82, 2.24) is 20.2 Å². The smallest absolute Gasteiger partial charge is 0.198 e. The van der Waals surface area contributed by atoms with E-state index in [1.807, 2.05) is 12.1 Å². The van der Waals surface area contributed by atoms with Gasteiger partial charge in [-0.1, -0.05) is 17.7 Å². The van der Waals surface area contributed by atoms with Gasteiger partial charge in [0.2, 0.25) is 0 Å². The molecule has 0 amide bonds. The maximum absolute atomic E-state index is 5.81. The molecule has 0 N–H and O–H groups in total. The van der Waals surface area contributed by atoms with Crippen LogP contribution in [0.1, 0.15) is 5.82 Å². The lowest BCUT2D eigenvalue weighted by molar-refractivity contribution is 0.338. The third-order valence-electron chi connectivity index (χ3n) is 2.06. The third-order valence-corrected chi connectivity index (χ3v) is 2.31. The minimum atomic E-state index is 0.519. The highest BCUT2D eigenvalue weighted by atomic mass is 35.5. The Balaban J connectivity index is 2.13. The fourth-order valence-corrected chi connectivity index (χ4v) is 1.37. The summed E-state index contributed by atoms with van der Waals surface area (Å²) in [6, 6.07) is 7.19. The van der Waals surface area contributed by atoms with Crippen LogP contribution < -0.4 is 0 Å². The van der Waals surface area contributed by atoms with Crippen molar-refractivity contribution in [1.29, 1.82) is 0 Å². The van der Waals surface area contributed by atoms with E-state index in [2.05, 4.69) is 15.4 Å². The normalized spacial score (nSPS) is 11.4. The zero-order valence-corrected chi connectivity index (χ0v) is 10.4. The number of halogens is 1. The number of tetrazole rings is 1. The van der Waals surface area contributed by atoms with Gasteiger partial charge in [0.25, 0.3) is 0 Å². The standard InChI is InChI=1S/C12H11ClN4O/c1-18-9-3-2-4-12-14-16-17(15-12)11-7-5-10(13)6-8-11/h2-9H,1H3. The molecule has 1 heterocycles. The number of methoxy groups -OCH3 is 1. The second-order valence-corrected chi connectivity index (χ2v) is 3.77. The first kappa shape index (κ1) is 12.3. The number of aromatic nitrogens is 4. The fourth-order valence-electron chi connectivity index (χ4n) is 1.24. The molecule has 0 fully saturated rings. The maximum Gasteiger partial charge on any atom is 0.198 e. The van der Waals surface area contributed by atoms with Crippen LogP contribution in [-0.4, -0.2) is 27.3 Å². The summed E-state index contributed by atoms with van der Waals surface area (Å²) in [5.74, 6) is 0.519. The summed E-state index contributed by atoms with van der Waals surface area (Å²) in [7, 11) is 1.58. The number of hydrogen-bond acceptors (Lipinski definition) is 4. The molecule has 2 rings (SSSR count). The lowest BCUT2D eigenvalue weighted by Crippen LogP contribution is -1.98. The van der Waals surface area contributed by atoms with E-state index in [1.54, 1.807) is 43.7 Å². The van der Waals surface area contributed by atoms with Crippen LogP contribution in [0.15, 0.2) is 42.7 Å². The number of hydrogen-bond donors (Lipinski definition) is 0. The van der Waals surface area contributed by atoms with Crippen LogP contribution in [-0.2, 0) is 4.74 Å². The van der Waals surface area contributed by atoms with Crippen molar-refractivity contribution in [3.8, 4) is 5.69 Å². The third kappa shape index (κ3) is 3.18. The topological polar surface area (TPSA) is 52.8 Å². The monoisotopic (exact) mass is 262 g/mol. The molecular weight excluding hydrogens is 252 g/mol. The van der Waals surface area contributed by atoms with Crippen LogP contribution in [0.3, 0.4) is 0 Å². The minimum absolute atomic E-state index is 0.519. The molecule has 0 aliphatic heterocycles.